The van der Waals surface area contributed by atoms with Gasteiger partial charge in [-0.3, -0.25) is 14.6 Å². The first-order valence-corrected chi connectivity index (χ1v) is 10.4. The lowest BCUT2D eigenvalue weighted by Gasteiger charge is -2.25. The van der Waals surface area contributed by atoms with Crippen LogP contribution in [0, 0.1) is 5.92 Å². The Kier molecular flexibility index (Phi) is 7.13. The van der Waals surface area contributed by atoms with Crippen molar-refractivity contribution >= 4 is 5.97 Å². The molecular weight excluding hydrogens is 340 g/mol. The first-order valence-electron chi connectivity index (χ1n) is 10.4. The molecule has 0 spiro atoms. The minimum Gasteiger partial charge on any atom is -0.492 e. The van der Waals surface area contributed by atoms with Crippen molar-refractivity contribution in [2.45, 2.75) is 58.7 Å². The summed E-state index contributed by atoms with van der Waals surface area (Å²) in [6, 6.07) is 6.42. The van der Waals surface area contributed by atoms with Crippen LogP contribution in [0.4, 0.5) is 0 Å². The highest BCUT2D eigenvalue weighted by molar-refractivity contribution is 5.76. The predicted molar refractivity (Wildman–Crippen MR) is 107 cm³/mol. The Hall–Kier alpha value is -1.59. The van der Waals surface area contributed by atoms with Gasteiger partial charge in [-0.2, -0.15) is 0 Å². The number of nitrogens with zero attached hydrogens (tertiary/aromatic N) is 2. The van der Waals surface area contributed by atoms with E-state index in [1.165, 1.54) is 31.1 Å². The van der Waals surface area contributed by atoms with Crippen LogP contribution in [0.15, 0.2) is 18.2 Å². The predicted octanol–water partition coefficient (Wildman–Crippen LogP) is 3.45. The van der Waals surface area contributed by atoms with Gasteiger partial charge in [0.1, 0.15) is 18.4 Å². The molecule has 150 valence electrons. The molecule has 0 N–H and O–H groups in total. The van der Waals surface area contributed by atoms with Crippen LogP contribution in [0.3, 0.4) is 0 Å². The average molecular weight is 375 g/mol. The van der Waals surface area contributed by atoms with E-state index in [9.17, 15) is 4.79 Å². The fourth-order valence-corrected chi connectivity index (χ4v) is 4.32. The van der Waals surface area contributed by atoms with E-state index < -0.39 is 0 Å². The summed E-state index contributed by atoms with van der Waals surface area (Å²) >= 11 is 0. The Morgan fingerprint density at radius 2 is 2.11 bits per heavy atom. The lowest BCUT2D eigenvalue weighted by Crippen LogP contribution is -2.36. The van der Waals surface area contributed by atoms with Gasteiger partial charge in [0.05, 0.1) is 7.11 Å². The van der Waals surface area contributed by atoms with E-state index in [1.54, 1.807) is 0 Å². The van der Waals surface area contributed by atoms with Crippen LogP contribution in [0.5, 0.6) is 5.75 Å². The summed E-state index contributed by atoms with van der Waals surface area (Å²) in [5.74, 6) is 1.65. The lowest BCUT2D eigenvalue weighted by atomic mass is 10.0. The number of methoxy groups -OCH3 is 1. The molecule has 0 radical (unpaired) electrons. The van der Waals surface area contributed by atoms with Crippen LogP contribution in [0.1, 0.15) is 50.7 Å². The summed E-state index contributed by atoms with van der Waals surface area (Å²) < 4.78 is 11.0. The van der Waals surface area contributed by atoms with Gasteiger partial charge in [-0.25, -0.2) is 0 Å². The maximum Gasteiger partial charge on any atom is 0.323 e. The zero-order valence-corrected chi connectivity index (χ0v) is 17.1. The minimum atomic E-state index is -0.109. The molecule has 0 aliphatic carbocycles. The molecule has 2 aliphatic heterocycles. The molecule has 2 aliphatic rings. The molecule has 0 saturated carbocycles. The SMILES string of the molecule is CCC(CC)CN1CCOc2ccc(CN3CCC[C@H]3C(=O)OC)cc2C1. The Bertz CT molecular complexity index is 630. The van der Waals surface area contributed by atoms with Crippen molar-refractivity contribution in [3.05, 3.63) is 29.3 Å². The minimum absolute atomic E-state index is 0.101. The van der Waals surface area contributed by atoms with E-state index in [0.29, 0.717) is 0 Å². The Labute approximate surface area is 163 Å². The second kappa shape index (κ2) is 9.56. The topological polar surface area (TPSA) is 42.0 Å². The normalized spacial score (nSPS) is 21.0. The highest BCUT2D eigenvalue weighted by atomic mass is 16.5. The fraction of sp³-hybridized carbons (Fsp3) is 0.682. The van der Waals surface area contributed by atoms with Gasteiger partial charge in [0.25, 0.3) is 0 Å². The van der Waals surface area contributed by atoms with Gasteiger partial charge >= 0.3 is 5.97 Å². The Morgan fingerprint density at radius 3 is 2.85 bits per heavy atom. The number of likely N-dealkylation sites (tertiary alicyclic amines) is 1. The van der Waals surface area contributed by atoms with Crippen LogP contribution in [-0.4, -0.2) is 55.2 Å². The molecule has 0 aromatic heterocycles. The summed E-state index contributed by atoms with van der Waals surface area (Å²) in [5.41, 5.74) is 2.52. The Balaban J connectivity index is 1.70. The van der Waals surface area contributed by atoms with Crippen LogP contribution in [0.2, 0.25) is 0 Å². The lowest BCUT2D eigenvalue weighted by molar-refractivity contribution is -0.146. The molecule has 5 heteroatoms. The molecule has 1 atom stereocenters. The highest BCUT2D eigenvalue weighted by Crippen LogP contribution is 2.27. The monoisotopic (exact) mass is 374 g/mol. The van der Waals surface area contributed by atoms with Crippen molar-refractivity contribution in [2.75, 3.05) is 33.4 Å². The van der Waals surface area contributed by atoms with E-state index in [2.05, 4.69) is 41.8 Å². The first-order chi connectivity index (χ1) is 13.1. The number of fused-ring (bicyclic) bond motifs is 1. The van der Waals surface area contributed by atoms with Crippen molar-refractivity contribution in [3.8, 4) is 5.75 Å². The number of rotatable bonds is 7. The van der Waals surface area contributed by atoms with E-state index in [0.717, 1.165) is 63.8 Å². The number of ether oxygens (including phenoxy) is 2. The van der Waals surface area contributed by atoms with E-state index in [4.69, 9.17) is 9.47 Å². The van der Waals surface area contributed by atoms with Crippen LogP contribution in [0.25, 0.3) is 0 Å². The first kappa shape index (κ1) is 20.2. The summed E-state index contributed by atoms with van der Waals surface area (Å²) in [6.07, 6.45) is 4.40. The number of hydrogen-bond acceptors (Lipinski definition) is 5. The smallest absolute Gasteiger partial charge is 0.323 e. The molecule has 0 amide bonds. The molecule has 1 aromatic carbocycles. The van der Waals surface area contributed by atoms with Gasteiger partial charge in [0.15, 0.2) is 0 Å². The summed E-state index contributed by atoms with van der Waals surface area (Å²) in [4.78, 5) is 16.8. The zero-order valence-electron chi connectivity index (χ0n) is 17.1. The summed E-state index contributed by atoms with van der Waals surface area (Å²) in [6.45, 7) is 10.1. The van der Waals surface area contributed by atoms with Gasteiger partial charge in [-0.05, 0) is 43.0 Å². The van der Waals surface area contributed by atoms with E-state index in [-0.39, 0.29) is 12.0 Å². The van der Waals surface area contributed by atoms with Crippen molar-refractivity contribution in [2.24, 2.45) is 5.92 Å². The molecule has 1 fully saturated rings. The molecule has 0 unspecified atom stereocenters. The third-order valence-electron chi connectivity index (χ3n) is 6.08. The second-order valence-electron chi connectivity index (χ2n) is 7.86. The number of carbonyl (C=O) groups is 1. The van der Waals surface area contributed by atoms with Gasteiger partial charge in [0, 0.05) is 31.7 Å². The molecule has 1 aromatic rings. The molecule has 27 heavy (non-hydrogen) atoms. The quantitative estimate of drug-likeness (QED) is 0.684. The molecule has 5 nitrogen and oxygen atoms in total. The van der Waals surface area contributed by atoms with Crippen LogP contribution in [-0.2, 0) is 22.6 Å². The van der Waals surface area contributed by atoms with E-state index in [1.807, 2.05) is 0 Å². The summed E-state index contributed by atoms with van der Waals surface area (Å²) in [7, 11) is 1.48. The van der Waals surface area contributed by atoms with Gasteiger partial charge in [-0.15, -0.1) is 0 Å². The highest BCUT2D eigenvalue weighted by Gasteiger charge is 2.31. The third kappa shape index (κ3) is 5.02. The third-order valence-corrected chi connectivity index (χ3v) is 6.08. The molecule has 1 saturated heterocycles. The maximum absolute atomic E-state index is 12.0. The second-order valence-corrected chi connectivity index (χ2v) is 7.86. The van der Waals surface area contributed by atoms with Crippen molar-refractivity contribution < 1.29 is 14.3 Å². The number of benzene rings is 1. The average Bonchev–Trinajstić information content (AvgIpc) is 3.04. The van der Waals surface area contributed by atoms with E-state index >= 15 is 0 Å². The van der Waals surface area contributed by atoms with Crippen molar-refractivity contribution in [1.29, 1.82) is 0 Å². The van der Waals surface area contributed by atoms with Crippen LogP contribution >= 0.6 is 0 Å². The van der Waals surface area contributed by atoms with Gasteiger partial charge in [0.2, 0.25) is 0 Å². The standard InChI is InChI=1S/C22H34N2O3/c1-4-17(5-2)14-23-11-12-27-21-9-8-18(13-19(21)16-23)15-24-10-6-7-20(24)22(25)26-3/h8-9,13,17,20H,4-7,10-12,14-16H2,1-3H3/t20-/m0/s1. The van der Waals surface area contributed by atoms with Crippen molar-refractivity contribution in [1.82, 2.24) is 9.80 Å². The van der Waals surface area contributed by atoms with Crippen LogP contribution < -0.4 is 4.74 Å². The number of carbonyl (C=O) groups excluding carboxylic acids is 1. The maximum atomic E-state index is 12.0. The number of hydrogen-bond donors (Lipinski definition) is 0. The molecular formula is C22H34N2O3. The summed E-state index contributed by atoms with van der Waals surface area (Å²) in [5, 5.41) is 0. The molecule has 0 bridgehead atoms. The molecule has 2 heterocycles. The largest absolute Gasteiger partial charge is 0.492 e. The Morgan fingerprint density at radius 1 is 1.30 bits per heavy atom. The van der Waals surface area contributed by atoms with Crippen molar-refractivity contribution in [3.63, 3.8) is 0 Å². The zero-order chi connectivity index (χ0) is 19.2. The van der Waals surface area contributed by atoms with Gasteiger partial charge < -0.3 is 9.47 Å². The molecule has 3 rings (SSSR count). The fourth-order valence-electron chi connectivity index (χ4n) is 4.32. The number of esters is 1. The van der Waals surface area contributed by atoms with Gasteiger partial charge in [-0.1, -0.05) is 32.8 Å².